The molecule has 0 saturated heterocycles. The number of carbonyl (C=O) groups is 1. The van der Waals surface area contributed by atoms with E-state index in [0.29, 0.717) is 31.4 Å². The van der Waals surface area contributed by atoms with Crippen LogP contribution in [0.2, 0.25) is 0 Å². The molecule has 2 aromatic carbocycles. The van der Waals surface area contributed by atoms with Crippen LogP contribution in [-0.4, -0.2) is 45.9 Å². The molecule has 0 amide bonds. The number of alkyl halides is 3. The van der Waals surface area contributed by atoms with Crippen LogP contribution >= 0.6 is 0 Å². The fraction of sp³-hybridized carbons (Fsp3) is 0.458. The van der Waals surface area contributed by atoms with Gasteiger partial charge in [-0.2, -0.15) is 13.2 Å². The van der Waals surface area contributed by atoms with Crippen LogP contribution in [0.25, 0.3) is 0 Å². The first kappa shape index (κ1) is 26.0. The van der Waals surface area contributed by atoms with Gasteiger partial charge in [-0.25, -0.2) is 8.42 Å². The van der Waals surface area contributed by atoms with Crippen molar-refractivity contribution in [3.05, 3.63) is 53.6 Å². The first-order valence-corrected chi connectivity index (χ1v) is 12.4. The summed E-state index contributed by atoms with van der Waals surface area (Å²) < 4.78 is 81.3. The molecule has 0 unspecified atom stereocenters. The van der Waals surface area contributed by atoms with Crippen LogP contribution in [0, 0.1) is 0 Å². The second kappa shape index (κ2) is 10.8. The smallest absolute Gasteiger partial charge is 0.416 e. The van der Waals surface area contributed by atoms with Crippen LogP contribution in [0.3, 0.4) is 0 Å². The molecular weight excluding hydrogens is 473 g/mol. The van der Waals surface area contributed by atoms with E-state index in [1.165, 1.54) is 32.2 Å². The average molecular weight is 501 g/mol. The Kier molecular flexibility index (Phi) is 8.25. The topological polar surface area (TPSA) is 78.9 Å². The molecule has 0 aromatic heterocycles. The van der Waals surface area contributed by atoms with Crippen LogP contribution in [0.5, 0.6) is 11.5 Å². The summed E-state index contributed by atoms with van der Waals surface area (Å²) in [6.45, 7) is 1.76. The molecule has 1 saturated carbocycles. The number of ether oxygens (including phenoxy) is 3. The van der Waals surface area contributed by atoms with E-state index >= 15 is 0 Å². The van der Waals surface area contributed by atoms with Crippen LogP contribution in [0.15, 0.2) is 47.4 Å². The van der Waals surface area contributed by atoms with E-state index in [0.717, 1.165) is 12.1 Å². The number of hydrogen-bond acceptors (Lipinski definition) is 6. The molecule has 0 spiro atoms. The molecule has 1 fully saturated rings. The Morgan fingerprint density at radius 2 is 1.65 bits per heavy atom. The van der Waals surface area contributed by atoms with Crippen molar-refractivity contribution in [3.8, 4) is 11.5 Å². The van der Waals surface area contributed by atoms with Gasteiger partial charge in [0.1, 0.15) is 18.1 Å². The minimum absolute atomic E-state index is 0.0294. The summed E-state index contributed by atoms with van der Waals surface area (Å²) >= 11 is 0. The summed E-state index contributed by atoms with van der Waals surface area (Å²) in [6.07, 6.45) is -3.27. The monoisotopic (exact) mass is 500 g/mol. The van der Waals surface area contributed by atoms with Crippen molar-refractivity contribution in [2.24, 2.45) is 0 Å². The summed E-state index contributed by atoms with van der Waals surface area (Å²) in [6, 6.07) is 8.95. The number of benzene rings is 2. The average Bonchev–Trinajstić information content (AvgIpc) is 2.79. The lowest BCUT2D eigenvalue weighted by atomic mass is 9.97. The van der Waals surface area contributed by atoms with E-state index in [1.807, 2.05) is 0 Å². The Labute approximate surface area is 196 Å². The number of ketones is 1. The summed E-state index contributed by atoms with van der Waals surface area (Å²) in [4.78, 5) is 12.3. The molecule has 186 valence electrons. The van der Waals surface area contributed by atoms with Gasteiger partial charge < -0.3 is 14.2 Å². The Bertz CT molecular complexity index is 1090. The SMILES string of the molecule is COCCOc1cccc(S(=O)(=O)C2CCC(Oc3ccc(C(F)(F)F)cc3)CC2)c1C(C)=O. The lowest BCUT2D eigenvalue weighted by molar-refractivity contribution is -0.137. The number of Topliss-reactive ketones (excluding diaryl/α,β-unsaturated/α-hetero) is 1. The lowest BCUT2D eigenvalue weighted by Gasteiger charge is -2.29. The predicted molar refractivity (Wildman–Crippen MR) is 119 cm³/mol. The number of carbonyl (C=O) groups excluding carboxylic acids is 1. The third-order valence-corrected chi connectivity index (χ3v) is 8.04. The molecule has 0 heterocycles. The van der Waals surface area contributed by atoms with Crippen molar-refractivity contribution in [2.45, 2.75) is 55.0 Å². The predicted octanol–water partition coefficient (Wildman–Crippen LogP) is 5.10. The Morgan fingerprint density at radius 1 is 1.00 bits per heavy atom. The first-order chi connectivity index (χ1) is 16.0. The number of hydrogen-bond donors (Lipinski definition) is 0. The molecule has 2 aromatic rings. The number of sulfone groups is 1. The molecule has 0 radical (unpaired) electrons. The highest BCUT2D eigenvalue weighted by Gasteiger charge is 2.36. The maximum Gasteiger partial charge on any atom is 0.416 e. The third-order valence-electron chi connectivity index (χ3n) is 5.74. The van der Waals surface area contributed by atoms with E-state index in [-0.39, 0.29) is 35.5 Å². The number of halogens is 3. The van der Waals surface area contributed by atoms with Gasteiger partial charge in [0, 0.05) is 7.11 Å². The molecule has 0 N–H and O–H groups in total. The van der Waals surface area contributed by atoms with Gasteiger partial charge in [0.05, 0.1) is 34.0 Å². The zero-order valence-corrected chi connectivity index (χ0v) is 19.7. The molecule has 6 nitrogen and oxygen atoms in total. The molecule has 1 aliphatic rings. The van der Waals surface area contributed by atoms with E-state index in [2.05, 4.69) is 0 Å². The summed E-state index contributed by atoms with van der Waals surface area (Å²) in [7, 11) is -2.31. The summed E-state index contributed by atoms with van der Waals surface area (Å²) in [5.41, 5.74) is -0.730. The zero-order valence-electron chi connectivity index (χ0n) is 18.9. The maximum absolute atomic E-state index is 13.4. The van der Waals surface area contributed by atoms with Gasteiger partial charge >= 0.3 is 6.18 Å². The van der Waals surface area contributed by atoms with Crippen molar-refractivity contribution < 1.29 is 40.6 Å². The standard InChI is InChI=1S/C24H27F3O6S/c1-16(28)23-21(32-15-14-31-2)4-3-5-22(23)34(29,30)20-12-10-19(11-13-20)33-18-8-6-17(7-9-18)24(25,26)27/h3-9,19-20H,10-15H2,1-2H3. The minimum Gasteiger partial charge on any atom is -0.490 e. The molecule has 3 rings (SSSR count). The second-order valence-corrected chi connectivity index (χ2v) is 10.3. The highest BCUT2D eigenvalue weighted by molar-refractivity contribution is 7.92. The van der Waals surface area contributed by atoms with Crippen molar-refractivity contribution >= 4 is 15.6 Å². The van der Waals surface area contributed by atoms with E-state index in [1.54, 1.807) is 12.1 Å². The quantitative estimate of drug-likeness (QED) is 0.352. The maximum atomic E-state index is 13.4. The first-order valence-electron chi connectivity index (χ1n) is 10.9. The van der Waals surface area contributed by atoms with Crippen molar-refractivity contribution in [1.82, 2.24) is 0 Å². The Morgan fingerprint density at radius 3 is 2.21 bits per heavy atom. The van der Waals surface area contributed by atoms with Crippen LogP contribution in [0.4, 0.5) is 13.2 Å². The zero-order chi connectivity index (χ0) is 24.9. The highest BCUT2D eigenvalue weighted by Crippen LogP contribution is 2.36. The summed E-state index contributed by atoms with van der Waals surface area (Å²) in [5.74, 6) is 0.0925. The fourth-order valence-electron chi connectivity index (χ4n) is 4.01. The Balaban J connectivity index is 1.70. The molecule has 0 atom stereocenters. The van der Waals surface area contributed by atoms with Gasteiger partial charge in [-0.3, -0.25) is 4.79 Å². The van der Waals surface area contributed by atoms with Gasteiger partial charge in [0.25, 0.3) is 0 Å². The van der Waals surface area contributed by atoms with Crippen LogP contribution < -0.4 is 9.47 Å². The molecule has 34 heavy (non-hydrogen) atoms. The van der Waals surface area contributed by atoms with Crippen LogP contribution in [-0.2, 0) is 20.8 Å². The van der Waals surface area contributed by atoms with Crippen molar-refractivity contribution in [1.29, 1.82) is 0 Å². The third kappa shape index (κ3) is 6.09. The summed E-state index contributed by atoms with van der Waals surface area (Å²) in [5, 5.41) is -0.702. The number of rotatable bonds is 9. The minimum atomic E-state index is -4.42. The van der Waals surface area contributed by atoms with Crippen molar-refractivity contribution in [3.63, 3.8) is 0 Å². The lowest BCUT2D eigenvalue weighted by Crippen LogP contribution is -2.32. The van der Waals surface area contributed by atoms with Gasteiger partial charge in [-0.05, 0) is 69.0 Å². The second-order valence-electron chi connectivity index (χ2n) is 8.11. The molecule has 10 heteroatoms. The molecule has 0 bridgehead atoms. The molecule has 1 aliphatic carbocycles. The Hall–Kier alpha value is -2.59. The van der Waals surface area contributed by atoms with Crippen molar-refractivity contribution in [2.75, 3.05) is 20.3 Å². The van der Waals surface area contributed by atoms with Crippen LogP contribution in [0.1, 0.15) is 48.5 Å². The largest absolute Gasteiger partial charge is 0.490 e. The van der Waals surface area contributed by atoms with Gasteiger partial charge in [0.2, 0.25) is 0 Å². The van der Waals surface area contributed by atoms with Gasteiger partial charge in [0.15, 0.2) is 15.6 Å². The van der Waals surface area contributed by atoms with Gasteiger partial charge in [-0.1, -0.05) is 6.07 Å². The fourth-order valence-corrected chi connectivity index (χ4v) is 6.05. The van der Waals surface area contributed by atoms with E-state index < -0.39 is 32.6 Å². The number of methoxy groups -OCH3 is 1. The normalized spacial score (nSPS) is 19.0. The highest BCUT2D eigenvalue weighted by atomic mass is 32.2. The van der Waals surface area contributed by atoms with Gasteiger partial charge in [-0.15, -0.1) is 0 Å². The van der Waals surface area contributed by atoms with E-state index in [4.69, 9.17) is 14.2 Å². The molecule has 0 aliphatic heterocycles. The van der Waals surface area contributed by atoms with E-state index in [9.17, 15) is 26.4 Å². The molecular formula is C24H27F3O6S.